The van der Waals surface area contributed by atoms with Gasteiger partial charge in [0.25, 0.3) is 5.95 Å². The third-order valence-electron chi connectivity index (χ3n) is 3.71. The molecule has 0 saturated carbocycles. The van der Waals surface area contributed by atoms with Crippen molar-refractivity contribution in [2.24, 2.45) is 5.10 Å². The summed E-state index contributed by atoms with van der Waals surface area (Å²) in [6.45, 7) is 1.92. The Kier molecular flexibility index (Phi) is 3.70. The monoisotopic (exact) mass is 380 g/mol. The SMILES string of the molecule is C/C(=N/Nc1nnc2c(n1)[nH]c1ccccc12)c1ccc(Br)cc1. The molecule has 4 aromatic rings. The minimum atomic E-state index is 0.352. The van der Waals surface area contributed by atoms with E-state index in [4.69, 9.17) is 0 Å². The Morgan fingerprint density at radius 2 is 1.88 bits per heavy atom. The second-order valence-corrected chi connectivity index (χ2v) is 6.23. The van der Waals surface area contributed by atoms with Crippen molar-refractivity contribution < 1.29 is 0 Å². The van der Waals surface area contributed by atoms with Crippen molar-refractivity contribution in [2.75, 3.05) is 5.43 Å². The third kappa shape index (κ3) is 2.74. The number of H-pyrrole nitrogens is 1. The van der Waals surface area contributed by atoms with E-state index >= 15 is 0 Å². The number of nitrogens with one attached hydrogen (secondary N) is 2. The predicted molar refractivity (Wildman–Crippen MR) is 99.2 cm³/mol. The molecule has 0 aliphatic heterocycles. The van der Waals surface area contributed by atoms with Gasteiger partial charge >= 0.3 is 0 Å². The molecule has 6 nitrogen and oxygen atoms in total. The summed E-state index contributed by atoms with van der Waals surface area (Å²) in [5.41, 5.74) is 7.15. The van der Waals surface area contributed by atoms with Crippen LogP contribution in [0, 0.1) is 0 Å². The first-order chi connectivity index (χ1) is 11.7. The molecule has 0 aliphatic carbocycles. The number of rotatable bonds is 3. The smallest absolute Gasteiger partial charge is 0.265 e. The molecular formula is C17H13BrN6. The number of halogens is 1. The fourth-order valence-corrected chi connectivity index (χ4v) is 2.72. The molecule has 2 aromatic heterocycles. The van der Waals surface area contributed by atoms with Crippen LogP contribution in [0.15, 0.2) is 58.1 Å². The van der Waals surface area contributed by atoms with Gasteiger partial charge in [0.2, 0.25) is 0 Å². The molecule has 7 heteroatoms. The van der Waals surface area contributed by atoms with Gasteiger partial charge in [-0.15, -0.1) is 10.2 Å². The van der Waals surface area contributed by atoms with Crippen molar-refractivity contribution in [3.05, 3.63) is 58.6 Å². The number of anilines is 1. The van der Waals surface area contributed by atoms with Crippen LogP contribution in [0.5, 0.6) is 0 Å². The van der Waals surface area contributed by atoms with Crippen LogP contribution in [-0.4, -0.2) is 25.9 Å². The van der Waals surface area contributed by atoms with Gasteiger partial charge in [0.15, 0.2) is 5.65 Å². The number of hydrogen-bond acceptors (Lipinski definition) is 5. The highest BCUT2D eigenvalue weighted by atomic mass is 79.9. The molecule has 4 rings (SSSR count). The quantitative estimate of drug-likeness (QED) is 0.414. The molecule has 118 valence electrons. The van der Waals surface area contributed by atoms with Crippen molar-refractivity contribution >= 4 is 49.7 Å². The highest BCUT2D eigenvalue weighted by Crippen LogP contribution is 2.21. The van der Waals surface area contributed by atoms with E-state index in [-0.39, 0.29) is 0 Å². The van der Waals surface area contributed by atoms with Crippen LogP contribution in [0.2, 0.25) is 0 Å². The number of para-hydroxylation sites is 1. The fourth-order valence-electron chi connectivity index (χ4n) is 2.46. The summed E-state index contributed by atoms with van der Waals surface area (Å²) in [5, 5.41) is 13.7. The Hall–Kier alpha value is -2.80. The van der Waals surface area contributed by atoms with Crippen LogP contribution < -0.4 is 5.43 Å². The van der Waals surface area contributed by atoms with Gasteiger partial charge in [-0.2, -0.15) is 10.1 Å². The van der Waals surface area contributed by atoms with E-state index in [9.17, 15) is 0 Å². The largest absolute Gasteiger partial charge is 0.338 e. The molecule has 0 saturated heterocycles. The van der Waals surface area contributed by atoms with Gasteiger partial charge in [0.05, 0.1) is 5.71 Å². The lowest BCUT2D eigenvalue weighted by molar-refractivity contribution is 1.01. The predicted octanol–water partition coefficient (Wildman–Crippen LogP) is 4.10. The molecule has 2 heterocycles. The lowest BCUT2D eigenvalue weighted by Crippen LogP contribution is -2.03. The number of hydrogen-bond donors (Lipinski definition) is 2. The second-order valence-electron chi connectivity index (χ2n) is 5.32. The molecule has 2 N–H and O–H groups in total. The molecule has 0 radical (unpaired) electrons. The molecule has 0 bridgehead atoms. The third-order valence-corrected chi connectivity index (χ3v) is 4.24. The first-order valence-corrected chi connectivity index (χ1v) is 8.17. The van der Waals surface area contributed by atoms with E-state index in [1.165, 1.54) is 0 Å². The minimum absolute atomic E-state index is 0.352. The van der Waals surface area contributed by atoms with Crippen molar-refractivity contribution in [3.8, 4) is 0 Å². The lowest BCUT2D eigenvalue weighted by atomic mass is 10.1. The van der Waals surface area contributed by atoms with Crippen molar-refractivity contribution in [1.82, 2.24) is 20.2 Å². The average molecular weight is 381 g/mol. The number of aromatic amines is 1. The molecule has 0 unspecified atom stereocenters. The van der Waals surface area contributed by atoms with Crippen LogP contribution >= 0.6 is 15.9 Å². The second kappa shape index (κ2) is 6.01. The summed E-state index contributed by atoms with van der Waals surface area (Å²) < 4.78 is 1.03. The van der Waals surface area contributed by atoms with Gasteiger partial charge in [0.1, 0.15) is 5.52 Å². The summed E-state index contributed by atoms with van der Waals surface area (Å²) >= 11 is 3.42. The number of benzene rings is 2. The molecule has 0 spiro atoms. The maximum absolute atomic E-state index is 4.44. The summed E-state index contributed by atoms with van der Waals surface area (Å²) in [5.74, 6) is 0.352. The van der Waals surface area contributed by atoms with E-state index in [1.807, 2.05) is 55.5 Å². The number of aromatic nitrogens is 4. The molecule has 0 amide bonds. The first kappa shape index (κ1) is 14.8. The lowest BCUT2D eigenvalue weighted by Gasteiger charge is -2.02. The van der Waals surface area contributed by atoms with Crippen LogP contribution in [0.1, 0.15) is 12.5 Å². The zero-order valence-electron chi connectivity index (χ0n) is 12.8. The maximum Gasteiger partial charge on any atom is 0.265 e. The molecular weight excluding hydrogens is 368 g/mol. The Bertz CT molecular complexity index is 1050. The van der Waals surface area contributed by atoms with Gasteiger partial charge in [-0.05, 0) is 30.7 Å². The molecule has 0 atom stereocenters. The van der Waals surface area contributed by atoms with E-state index in [0.717, 1.165) is 32.2 Å². The summed E-state index contributed by atoms with van der Waals surface area (Å²) in [6.07, 6.45) is 0. The van der Waals surface area contributed by atoms with Crippen LogP contribution in [-0.2, 0) is 0 Å². The highest BCUT2D eigenvalue weighted by Gasteiger charge is 2.08. The van der Waals surface area contributed by atoms with Gasteiger partial charge in [-0.1, -0.05) is 46.3 Å². The Morgan fingerprint density at radius 3 is 2.71 bits per heavy atom. The van der Waals surface area contributed by atoms with Gasteiger partial charge in [-0.3, -0.25) is 0 Å². The van der Waals surface area contributed by atoms with Crippen molar-refractivity contribution in [2.45, 2.75) is 6.92 Å². The Labute approximate surface area is 146 Å². The van der Waals surface area contributed by atoms with Crippen LogP contribution in [0.3, 0.4) is 0 Å². The summed E-state index contributed by atoms with van der Waals surface area (Å²) in [7, 11) is 0. The highest BCUT2D eigenvalue weighted by molar-refractivity contribution is 9.10. The normalized spacial score (nSPS) is 12.0. The topological polar surface area (TPSA) is 78.8 Å². The van der Waals surface area contributed by atoms with Crippen LogP contribution in [0.4, 0.5) is 5.95 Å². The van der Waals surface area contributed by atoms with Gasteiger partial charge in [0, 0.05) is 15.4 Å². The minimum Gasteiger partial charge on any atom is -0.338 e. The Morgan fingerprint density at radius 1 is 1.08 bits per heavy atom. The van der Waals surface area contributed by atoms with E-state index in [0.29, 0.717) is 11.6 Å². The Balaban J connectivity index is 1.63. The van der Waals surface area contributed by atoms with Crippen molar-refractivity contribution in [1.29, 1.82) is 0 Å². The first-order valence-electron chi connectivity index (χ1n) is 7.38. The van der Waals surface area contributed by atoms with Gasteiger partial charge in [-0.25, -0.2) is 5.43 Å². The zero-order chi connectivity index (χ0) is 16.5. The van der Waals surface area contributed by atoms with Gasteiger partial charge < -0.3 is 4.98 Å². The summed E-state index contributed by atoms with van der Waals surface area (Å²) in [6, 6.07) is 15.8. The standard InChI is InChI=1S/C17H13BrN6/c1-10(11-6-8-12(18)9-7-11)21-23-17-20-16-15(22-24-17)13-4-2-3-5-14(13)19-16/h2-9H,1H3,(H2,19,20,23,24)/b21-10-. The number of hydrazone groups is 1. The van der Waals surface area contributed by atoms with E-state index < -0.39 is 0 Å². The zero-order valence-corrected chi connectivity index (χ0v) is 14.4. The van der Waals surface area contributed by atoms with E-state index in [1.54, 1.807) is 0 Å². The fraction of sp³-hybridized carbons (Fsp3) is 0.0588. The molecule has 2 aromatic carbocycles. The average Bonchev–Trinajstić information content (AvgIpc) is 2.98. The van der Waals surface area contributed by atoms with E-state index in [2.05, 4.69) is 46.6 Å². The summed E-state index contributed by atoms with van der Waals surface area (Å²) in [4.78, 5) is 7.67. The van der Waals surface area contributed by atoms with Crippen molar-refractivity contribution in [3.63, 3.8) is 0 Å². The van der Waals surface area contributed by atoms with Crippen LogP contribution in [0.25, 0.3) is 22.1 Å². The molecule has 0 fully saturated rings. The molecule has 0 aliphatic rings. The maximum atomic E-state index is 4.44. The number of nitrogens with zero attached hydrogens (tertiary/aromatic N) is 4. The molecule has 24 heavy (non-hydrogen) atoms. The number of fused-ring (bicyclic) bond motifs is 3.